The van der Waals surface area contributed by atoms with E-state index in [0.29, 0.717) is 31.6 Å². The summed E-state index contributed by atoms with van der Waals surface area (Å²) in [7, 11) is -3.22. The van der Waals surface area contributed by atoms with Gasteiger partial charge in [0.1, 0.15) is 0 Å². The summed E-state index contributed by atoms with van der Waals surface area (Å²) < 4.78 is 25.2. The number of imide groups is 1. The number of benzene rings is 1. The van der Waals surface area contributed by atoms with Gasteiger partial charge in [-0.3, -0.25) is 14.5 Å². The molecular weight excluding hydrogens is 330 g/mol. The van der Waals surface area contributed by atoms with Gasteiger partial charge >= 0.3 is 0 Å². The molecule has 24 heavy (non-hydrogen) atoms. The van der Waals surface area contributed by atoms with Crippen molar-refractivity contribution in [3.63, 3.8) is 0 Å². The van der Waals surface area contributed by atoms with Crippen LogP contribution in [0.2, 0.25) is 0 Å². The largest absolute Gasteiger partial charge is 0.291 e. The Labute approximate surface area is 141 Å². The molecule has 2 aliphatic rings. The maximum Gasteiger partial charge on any atom is 0.251 e. The van der Waals surface area contributed by atoms with Crippen LogP contribution in [0, 0.1) is 0 Å². The molecule has 8 heteroatoms. The first-order valence-electron chi connectivity index (χ1n) is 7.98. The minimum absolute atomic E-state index is 0.103. The Hall–Kier alpha value is -1.77. The van der Waals surface area contributed by atoms with Crippen LogP contribution in [0.3, 0.4) is 0 Å². The zero-order valence-corrected chi connectivity index (χ0v) is 14.3. The molecule has 0 radical (unpaired) electrons. The Kier molecular flexibility index (Phi) is 4.71. The van der Waals surface area contributed by atoms with Crippen molar-refractivity contribution in [3.05, 3.63) is 30.3 Å². The Balaban J connectivity index is 1.65. The smallest absolute Gasteiger partial charge is 0.251 e. The van der Waals surface area contributed by atoms with Crippen LogP contribution in [-0.4, -0.2) is 56.6 Å². The summed E-state index contributed by atoms with van der Waals surface area (Å²) in [5.41, 5.74) is 0.601. The minimum Gasteiger partial charge on any atom is -0.291 e. The third kappa shape index (κ3) is 3.66. The van der Waals surface area contributed by atoms with E-state index < -0.39 is 16.1 Å². The van der Waals surface area contributed by atoms with E-state index in [1.165, 1.54) is 4.90 Å². The maximum atomic E-state index is 12.7. The predicted molar refractivity (Wildman–Crippen MR) is 89.9 cm³/mol. The van der Waals surface area contributed by atoms with E-state index in [9.17, 15) is 18.0 Å². The number of hydrogen-bond donors (Lipinski definition) is 1. The number of anilines is 1. The Morgan fingerprint density at radius 3 is 2.29 bits per heavy atom. The summed E-state index contributed by atoms with van der Waals surface area (Å²) in [6.45, 7) is 1.19. The van der Waals surface area contributed by atoms with E-state index >= 15 is 0 Å². The van der Waals surface area contributed by atoms with Crippen molar-refractivity contribution in [2.75, 3.05) is 24.2 Å². The SMILES string of the molecule is CS(=O)(=O)NC1CCN(C2CC(=O)N(c3ccccc3)C2=O)CC1. The molecule has 1 aromatic rings. The zero-order valence-electron chi connectivity index (χ0n) is 13.5. The van der Waals surface area contributed by atoms with Gasteiger partial charge in [0, 0.05) is 19.1 Å². The number of rotatable bonds is 4. The molecule has 7 nitrogen and oxygen atoms in total. The van der Waals surface area contributed by atoms with Gasteiger partial charge in [0.25, 0.3) is 5.91 Å². The minimum atomic E-state index is -3.22. The molecule has 0 aliphatic carbocycles. The van der Waals surface area contributed by atoms with E-state index in [1.807, 2.05) is 11.0 Å². The molecule has 0 bridgehead atoms. The molecule has 0 aromatic heterocycles. The second kappa shape index (κ2) is 6.62. The third-order valence-corrected chi connectivity index (χ3v) is 5.25. The van der Waals surface area contributed by atoms with Gasteiger partial charge in [-0.2, -0.15) is 0 Å². The number of likely N-dealkylation sites (tertiary alicyclic amines) is 1. The topological polar surface area (TPSA) is 86.8 Å². The zero-order chi connectivity index (χ0) is 17.3. The van der Waals surface area contributed by atoms with Gasteiger partial charge in [-0.1, -0.05) is 18.2 Å². The molecule has 2 amide bonds. The predicted octanol–water partition coefficient (Wildman–Crippen LogP) is 0.332. The number of carbonyl (C=O) groups excluding carboxylic acids is 2. The van der Waals surface area contributed by atoms with Gasteiger partial charge in [0.15, 0.2) is 0 Å². The molecule has 2 saturated heterocycles. The van der Waals surface area contributed by atoms with Gasteiger partial charge in [-0.25, -0.2) is 18.0 Å². The van der Waals surface area contributed by atoms with Crippen LogP contribution in [0.15, 0.2) is 30.3 Å². The number of carbonyl (C=O) groups is 2. The summed E-state index contributed by atoms with van der Waals surface area (Å²) in [6, 6.07) is 8.38. The average molecular weight is 351 g/mol. The first-order valence-corrected chi connectivity index (χ1v) is 9.87. The highest BCUT2D eigenvalue weighted by atomic mass is 32.2. The number of para-hydroxylation sites is 1. The summed E-state index contributed by atoms with van der Waals surface area (Å²) in [4.78, 5) is 28.2. The molecule has 0 spiro atoms. The van der Waals surface area contributed by atoms with Crippen LogP contribution in [0.25, 0.3) is 0 Å². The fourth-order valence-electron chi connectivity index (χ4n) is 3.38. The first-order chi connectivity index (χ1) is 11.3. The van der Waals surface area contributed by atoms with E-state index in [1.54, 1.807) is 24.3 Å². The number of piperidine rings is 1. The number of nitrogens with zero attached hydrogens (tertiary/aromatic N) is 2. The lowest BCUT2D eigenvalue weighted by molar-refractivity contribution is -0.123. The highest BCUT2D eigenvalue weighted by Gasteiger charge is 2.43. The summed E-state index contributed by atoms with van der Waals surface area (Å²) in [6.07, 6.45) is 2.60. The molecule has 2 heterocycles. The van der Waals surface area contributed by atoms with Gasteiger partial charge in [-0.15, -0.1) is 0 Å². The molecule has 3 rings (SSSR count). The van der Waals surface area contributed by atoms with Crippen molar-refractivity contribution in [2.45, 2.75) is 31.3 Å². The van der Waals surface area contributed by atoms with Crippen molar-refractivity contribution in [1.82, 2.24) is 9.62 Å². The molecule has 1 unspecified atom stereocenters. The summed E-state index contributed by atoms with van der Waals surface area (Å²) in [5, 5.41) is 0. The quantitative estimate of drug-likeness (QED) is 0.790. The second-order valence-electron chi connectivity index (χ2n) is 6.32. The van der Waals surface area contributed by atoms with E-state index in [2.05, 4.69) is 4.72 Å². The summed E-state index contributed by atoms with van der Waals surface area (Å²) >= 11 is 0. The Morgan fingerprint density at radius 2 is 1.71 bits per heavy atom. The fourth-order valence-corrected chi connectivity index (χ4v) is 4.22. The molecular formula is C16H21N3O4S. The van der Waals surface area contributed by atoms with Gasteiger partial charge in [0.05, 0.1) is 24.4 Å². The molecule has 1 aromatic carbocycles. The molecule has 1 atom stereocenters. The Morgan fingerprint density at radius 1 is 1.08 bits per heavy atom. The number of amides is 2. The average Bonchev–Trinajstić information content (AvgIpc) is 2.82. The van der Waals surface area contributed by atoms with Crippen LogP contribution in [0.4, 0.5) is 5.69 Å². The van der Waals surface area contributed by atoms with Gasteiger partial charge in [0.2, 0.25) is 15.9 Å². The van der Waals surface area contributed by atoms with Crippen molar-refractivity contribution < 1.29 is 18.0 Å². The maximum absolute atomic E-state index is 12.7. The van der Waals surface area contributed by atoms with Crippen LogP contribution in [-0.2, 0) is 19.6 Å². The van der Waals surface area contributed by atoms with Gasteiger partial charge in [-0.05, 0) is 25.0 Å². The Bertz CT molecular complexity index is 727. The molecule has 2 aliphatic heterocycles. The van der Waals surface area contributed by atoms with Crippen LogP contribution in [0.1, 0.15) is 19.3 Å². The lowest BCUT2D eigenvalue weighted by Crippen LogP contribution is -2.50. The normalized spacial score (nSPS) is 23.9. The second-order valence-corrected chi connectivity index (χ2v) is 8.10. The molecule has 130 valence electrons. The lowest BCUT2D eigenvalue weighted by Gasteiger charge is -2.34. The van der Waals surface area contributed by atoms with Crippen molar-refractivity contribution in [3.8, 4) is 0 Å². The third-order valence-electron chi connectivity index (χ3n) is 4.49. The number of sulfonamides is 1. The van der Waals surface area contributed by atoms with E-state index in [0.717, 1.165) is 6.26 Å². The highest BCUT2D eigenvalue weighted by molar-refractivity contribution is 7.88. The fraction of sp³-hybridized carbons (Fsp3) is 0.500. The number of nitrogens with one attached hydrogen (secondary N) is 1. The van der Waals surface area contributed by atoms with Crippen molar-refractivity contribution >= 4 is 27.5 Å². The van der Waals surface area contributed by atoms with Crippen molar-refractivity contribution in [2.24, 2.45) is 0 Å². The number of hydrogen-bond acceptors (Lipinski definition) is 5. The monoisotopic (exact) mass is 351 g/mol. The van der Waals surface area contributed by atoms with Crippen molar-refractivity contribution in [1.29, 1.82) is 0 Å². The van der Waals surface area contributed by atoms with Crippen LogP contribution < -0.4 is 9.62 Å². The standard InChI is InChI=1S/C16H21N3O4S/c1-24(22,23)17-12-7-9-18(10-8-12)14-11-15(20)19(16(14)21)13-5-3-2-4-6-13/h2-6,12,14,17H,7-11H2,1H3. The van der Waals surface area contributed by atoms with Crippen LogP contribution in [0.5, 0.6) is 0 Å². The van der Waals surface area contributed by atoms with E-state index in [4.69, 9.17) is 0 Å². The molecule has 1 N–H and O–H groups in total. The summed E-state index contributed by atoms with van der Waals surface area (Å²) in [5.74, 6) is -0.381. The molecule has 2 fully saturated rings. The lowest BCUT2D eigenvalue weighted by atomic mass is 10.0. The highest BCUT2D eigenvalue weighted by Crippen LogP contribution is 2.27. The van der Waals surface area contributed by atoms with Crippen LogP contribution >= 0.6 is 0 Å². The first kappa shape index (κ1) is 17.1. The van der Waals surface area contributed by atoms with E-state index in [-0.39, 0.29) is 24.3 Å². The molecule has 0 saturated carbocycles. The van der Waals surface area contributed by atoms with Gasteiger partial charge < -0.3 is 0 Å².